The van der Waals surface area contributed by atoms with Crippen LogP contribution in [0.25, 0.3) is 10.9 Å². The van der Waals surface area contributed by atoms with Gasteiger partial charge in [0, 0.05) is 49.1 Å². The van der Waals surface area contributed by atoms with Gasteiger partial charge in [-0.15, -0.1) is 0 Å². The molecule has 0 bridgehead atoms. The number of benzene rings is 3. The molecule has 0 radical (unpaired) electrons. The minimum absolute atomic E-state index is 0.0488. The third kappa shape index (κ3) is 7.78. The molecule has 0 saturated heterocycles. The number of hydrogen-bond acceptors (Lipinski definition) is 10. The number of aliphatic hydroxyl groups excluding tert-OH is 1. The number of aromatic nitrogens is 1. The fourth-order valence-corrected chi connectivity index (χ4v) is 7.25. The molecule has 13 nitrogen and oxygen atoms in total. The third-order valence-electron chi connectivity index (χ3n) is 8.45. The minimum atomic E-state index is -3.94. The lowest BCUT2D eigenvalue weighted by Crippen LogP contribution is -2.38. The maximum atomic E-state index is 13.4. The number of allylic oxidation sites excluding steroid dienone is 1. The van der Waals surface area contributed by atoms with E-state index in [1.54, 1.807) is 25.3 Å². The number of aliphatic hydroxyl groups is 1. The van der Waals surface area contributed by atoms with Gasteiger partial charge < -0.3 is 43.8 Å². The first-order valence-electron chi connectivity index (χ1n) is 15.9. The van der Waals surface area contributed by atoms with Crippen LogP contribution in [0.3, 0.4) is 0 Å². The van der Waals surface area contributed by atoms with Crippen molar-refractivity contribution < 1.29 is 46.7 Å². The molecule has 0 spiro atoms. The fourth-order valence-electron chi connectivity index (χ4n) is 5.83. The summed E-state index contributed by atoms with van der Waals surface area (Å²) in [5.41, 5.74) is 2.88. The number of nitrogens with one attached hydrogen (secondary N) is 2. The van der Waals surface area contributed by atoms with Crippen molar-refractivity contribution in [3.63, 3.8) is 0 Å². The SMILES string of the molecule is COc1ccc(S(=O)(=O)N(CCO)CCOC2CC(c3ccc4c(c3)OCO4)C=C(C(=O)NCCc3c[nH]c4ccc(OC)cc34)O2)cc1. The molecule has 0 saturated carbocycles. The van der Waals surface area contributed by atoms with Crippen molar-refractivity contribution in [2.24, 2.45) is 0 Å². The summed E-state index contributed by atoms with van der Waals surface area (Å²) >= 11 is 0. The predicted molar refractivity (Wildman–Crippen MR) is 179 cm³/mol. The summed E-state index contributed by atoms with van der Waals surface area (Å²) in [6.07, 6.45) is 3.75. The van der Waals surface area contributed by atoms with Gasteiger partial charge in [-0.05, 0) is 78.2 Å². The first-order chi connectivity index (χ1) is 23.8. The van der Waals surface area contributed by atoms with Crippen LogP contribution in [0.5, 0.6) is 23.0 Å². The van der Waals surface area contributed by atoms with E-state index in [4.69, 9.17) is 28.4 Å². The number of ether oxygens (including phenoxy) is 6. The zero-order chi connectivity index (χ0) is 34.4. The molecule has 4 aromatic rings. The quantitative estimate of drug-likeness (QED) is 0.168. The van der Waals surface area contributed by atoms with Gasteiger partial charge >= 0.3 is 0 Å². The van der Waals surface area contributed by atoms with Crippen LogP contribution in [-0.4, -0.2) is 88.9 Å². The van der Waals surface area contributed by atoms with E-state index in [0.29, 0.717) is 36.6 Å². The molecule has 49 heavy (non-hydrogen) atoms. The van der Waals surface area contributed by atoms with Crippen LogP contribution in [0, 0.1) is 0 Å². The molecule has 0 aliphatic carbocycles. The van der Waals surface area contributed by atoms with Gasteiger partial charge in [-0.3, -0.25) is 4.79 Å². The van der Waals surface area contributed by atoms with Crippen LogP contribution >= 0.6 is 0 Å². The average Bonchev–Trinajstić information content (AvgIpc) is 3.77. The monoisotopic (exact) mass is 693 g/mol. The zero-order valence-electron chi connectivity index (χ0n) is 27.2. The average molecular weight is 694 g/mol. The van der Waals surface area contributed by atoms with E-state index in [0.717, 1.165) is 32.1 Å². The number of carbonyl (C=O) groups excluding carboxylic acids is 1. The van der Waals surface area contributed by atoms with Gasteiger partial charge in [0.25, 0.3) is 5.91 Å². The van der Waals surface area contributed by atoms with Crippen molar-refractivity contribution >= 4 is 26.8 Å². The third-order valence-corrected chi connectivity index (χ3v) is 10.4. The number of sulfonamides is 1. The van der Waals surface area contributed by atoms with Crippen LogP contribution in [-0.2, 0) is 30.7 Å². The second-order valence-electron chi connectivity index (χ2n) is 11.4. The number of methoxy groups -OCH3 is 2. The van der Waals surface area contributed by atoms with Crippen LogP contribution in [0.15, 0.2) is 83.6 Å². The van der Waals surface area contributed by atoms with Gasteiger partial charge in [-0.2, -0.15) is 4.31 Å². The Bertz CT molecular complexity index is 1910. The van der Waals surface area contributed by atoms with Crippen molar-refractivity contribution in [1.29, 1.82) is 0 Å². The predicted octanol–water partition coefficient (Wildman–Crippen LogP) is 3.69. The summed E-state index contributed by atoms with van der Waals surface area (Å²) in [5.74, 6) is 1.94. The molecular formula is C35H39N3O10S. The second kappa shape index (κ2) is 15.2. The van der Waals surface area contributed by atoms with Gasteiger partial charge in [0.2, 0.25) is 23.1 Å². The molecule has 3 N–H and O–H groups in total. The maximum absolute atomic E-state index is 13.4. The number of aromatic amines is 1. The van der Waals surface area contributed by atoms with Crippen molar-refractivity contribution in [3.05, 3.63) is 89.8 Å². The molecule has 2 aliphatic rings. The van der Waals surface area contributed by atoms with E-state index in [2.05, 4.69) is 10.3 Å². The Morgan fingerprint density at radius 2 is 1.78 bits per heavy atom. The highest BCUT2D eigenvalue weighted by Gasteiger charge is 2.31. The van der Waals surface area contributed by atoms with E-state index in [9.17, 15) is 18.3 Å². The summed E-state index contributed by atoms with van der Waals surface area (Å²) < 4.78 is 61.5. The van der Waals surface area contributed by atoms with E-state index in [-0.39, 0.29) is 49.7 Å². The Morgan fingerprint density at radius 1 is 1.00 bits per heavy atom. The zero-order valence-corrected chi connectivity index (χ0v) is 28.0. The van der Waals surface area contributed by atoms with E-state index >= 15 is 0 Å². The van der Waals surface area contributed by atoms with Gasteiger partial charge in [0.05, 0.1) is 32.3 Å². The normalized spacial score (nSPS) is 17.1. The number of nitrogens with zero attached hydrogens (tertiary/aromatic N) is 1. The van der Waals surface area contributed by atoms with Crippen molar-refractivity contribution in [1.82, 2.24) is 14.6 Å². The van der Waals surface area contributed by atoms with Crippen molar-refractivity contribution in [2.75, 3.05) is 53.9 Å². The van der Waals surface area contributed by atoms with Gasteiger partial charge in [0.15, 0.2) is 17.3 Å². The summed E-state index contributed by atoms with van der Waals surface area (Å²) in [7, 11) is -0.819. The molecule has 3 heterocycles. The minimum Gasteiger partial charge on any atom is -0.497 e. The lowest BCUT2D eigenvalue weighted by atomic mass is 9.92. The summed E-state index contributed by atoms with van der Waals surface area (Å²) in [6.45, 7) is -0.116. The number of amides is 1. The van der Waals surface area contributed by atoms with Crippen molar-refractivity contribution in [2.45, 2.75) is 29.9 Å². The molecule has 2 atom stereocenters. The molecule has 6 rings (SSSR count). The highest BCUT2D eigenvalue weighted by atomic mass is 32.2. The van der Waals surface area contributed by atoms with Crippen molar-refractivity contribution in [3.8, 4) is 23.0 Å². The molecule has 2 aliphatic heterocycles. The first kappa shape index (κ1) is 34.1. The Morgan fingerprint density at radius 3 is 2.55 bits per heavy atom. The molecule has 14 heteroatoms. The van der Waals surface area contributed by atoms with Gasteiger partial charge in [0.1, 0.15) is 11.5 Å². The highest BCUT2D eigenvalue weighted by Crippen LogP contribution is 2.38. The van der Waals surface area contributed by atoms with E-state index < -0.39 is 22.2 Å². The largest absolute Gasteiger partial charge is 0.497 e. The standard InChI is InChI=1S/C35H39N3O10S/c1-43-26-4-7-28(8-5-26)49(41,42)38(13-15-39)14-16-45-34-19-25(23-3-10-31-32(17-23)47-22-46-31)18-33(48-34)35(40)36-12-11-24-21-37-30-9-6-27(44-2)20-29(24)30/h3-10,17-18,20-21,25,34,37,39H,11-16,19,22H2,1-2H3,(H,36,40). The summed E-state index contributed by atoms with van der Waals surface area (Å²) in [6, 6.07) is 17.4. The number of carbonyl (C=O) groups is 1. The first-order valence-corrected chi connectivity index (χ1v) is 17.3. The number of H-pyrrole nitrogens is 1. The maximum Gasteiger partial charge on any atom is 0.286 e. The molecule has 2 unspecified atom stereocenters. The van der Waals surface area contributed by atoms with Crippen LogP contribution in [0.1, 0.15) is 23.5 Å². The molecule has 260 valence electrons. The van der Waals surface area contributed by atoms with Gasteiger partial charge in [-0.25, -0.2) is 8.42 Å². The Balaban J connectivity index is 1.14. The summed E-state index contributed by atoms with van der Waals surface area (Å²) in [5, 5.41) is 13.6. The number of fused-ring (bicyclic) bond motifs is 2. The summed E-state index contributed by atoms with van der Waals surface area (Å²) in [4.78, 5) is 16.8. The Hall–Kier alpha value is -4.76. The number of hydrogen-bond donors (Lipinski definition) is 3. The molecule has 1 amide bonds. The molecular weight excluding hydrogens is 654 g/mol. The Labute approximate surface area is 284 Å². The molecule has 0 fully saturated rings. The smallest absolute Gasteiger partial charge is 0.286 e. The highest BCUT2D eigenvalue weighted by molar-refractivity contribution is 7.89. The van der Waals surface area contributed by atoms with Gasteiger partial charge in [-0.1, -0.05) is 6.07 Å². The lowest BCUT2D eigenvalue weighted by Gasteiger charge is -2.30. The molecule has 1 aromatic heterocycles. The number of rotatable bonds is 15. The van der Waals surface area contributed by atoms with Crippen LogP contribution < -0.4 is 24.3 Å². The fraction of sp³-hybridized carbons (Fsp3) is 0.343. The second-order valence-corrected chi connectivity index (χ2v) is 13.4. The van der Waals surface area contributed by atoms with E-state index in [1.807, 2.05) is 42.6 Å². The van der Waals surface area contributed by atoms with Crippen LogP contribution in [0.2, 0.25) is 0 Å². The van der Waals surface area contributed by atoms with E-state index in [1.165, 1.54) is 19.2 Å². The lowest BCUT2D eigenvalue weighted by molar-refractivity contribution is -0.146. The molecule has 3 aromatic carbocycles. The Kier molecular flexibility index (Phi) is 10.6. The van der Waals surface area contributed by atoms with Crippen LogP contribution in [0.4, 0.5) is 0 Å². The topological polar surface area (TPSA) is 158 Å².